The zero-order valence-electron chi connectivity index (χ0n) is 27.4. The van der Waals surface area contributed by atoms with Crippen LogP contribution in [0.25, 0.3) is 99.6 Å². The Morgan fingerprint density at radius 3 is 1.59 bits per heavy atom. The highest BCUT2D eigenvalue weighted by Crippen LogP contribution is 2.40. The Hall–Kier alpha value is -6.98. The second-order valence-corrected chi connectivity index (χ2v) is 13.0. The van der Waals surface area contributed by atoms with Gasteiger partial charge in [0.2, 0.25) is 5.95 Å². The summed E-state index contributed by atoms with van der Waals surface area (Å²) >= 11 is 0. The molecule has 0 saturated carbocycles. The van der Waals surface area contributed by atoms with E-state index in [1.54, 1.807) is 6.20 Å². The van der Waals surface area contributed by atoms with Gasteiger partial charge in [-0.3, -0.25) is 4.57 Å². The van der Waals surface area contributed by atoms with E-state index in [9.17, 15) is 0 Å². The topological polar surface area (TPSA) is 48.8 Å². The molecule has 238 valence electrons. The van der Waals surface area contributed by atoms with Crippen LogP contribution in [0.2, 0.25) is 0 Å². The lowest BCUT2D eigenvalue weighted by Gasteiger charge is -2.16. The summed E-state index contributed by atoms with van der Waals surface area (Å²) in [6, 6.07) is 58.0. The van der Waals surface area contributed by atoms with Crippen LogP contribution in [0, 0.1) is 0 Å². The molecule has 51 heavy (non-hydrogen) atoms. The summed E-state index contributed by atoms with van der Waals surface area (Å²) < 4.78 is 10.9. The van der Waals surface area contributed by atoms with Crippen LogP contribution in [0.4, 0.5) is 0 Å². The van der Waals surface area contributed by atoms with Crippen LogP contribution in [-0.2, 0) is 0 Å². The van der Waals surface area contributed by atoms with Crippen molar-refractivity contribution in [2.45, 2.75) is 0 Å². The van der Waals surface area contributed by atoms with Crippen molar-refractivity contribution in [2.75, 3.05) is 0 Å². The van der Waals surface area contributed by atoms with Crippen LogP contribution in [0.1, 0.15) is 0 Å². The van der Waals surface area contributed by atoms with Crippen molar-refractivity contribution in [3.63, 3.8) is 0 Å². The molecule has 0 aliphatic heterocycles. The van der Waals surface area contributed by atoms with Crippen LogP contribution in [0.15, 0.2) is 174 Å². The first kappa shape index (κ1) is 27.9. The van der Waals surface area contributed by atoms with Crippen molar-refractivity contribution in [1.82, 2.24) is 19.1 Å². The smallest absolute Gasteiger partial charge is 0.235 e. The molecular weight excluding hydrogens is 625 g/mol. The first-order chi connectivity index (χ1) is 25.3. The molecule has 7 aromatic carbocycles. The number of nitrogens with zero attached hydrogens (tertiary/aromatic N) is 4. The normalized spacial score (nSPS) is 11.9. The van der Waals surface area contributed by atoms with Crippen molar-refractivity contribution in [3.05, 3.63) is 170 Å². The van der Waals surface area contributed by atoms with E-state index >= 15 is 0 Å². The Morgan fingerprint density at radius 1 is 0.412 bits per heavy atom. The summed E-state index contributed by atoms with van der Waals surface area (Å²) in [5, 5.41) is 5.76. The maximum atomic E-state index is 6.35. The second-order valence-electron chi connectivity index (χ2n) is 13.0. The Morgan fingerprint density at radius 2 is 0.961 bits per heavy atom. The van der Waals surface area contributed by atoms with Gasteiger partial charge >= 0.3 is 0 Å². The van der Waals surface area contributed by atoms with E-state index in [4.69, 9.17) is 14.4 Å². The van der Waals surface area contributed by atoms with Crippen LogP contribution in [-0.4, -0.2) is 19.1 Å². The molecule has 0 N–H and O–H groups in total. The van der Waals surface area contributed by atoms with E-state index < -0.39 is 0 Å². The second kappa shape index (κ2) is 10.8. The molecule has 0 radical (unpaired) electrons. The van der Waals surface area contributed by atoms with Gasteiger partial charge in [0.25, 0.3) is 0 Å². The van der Waals surface area contributed by atoms with Crippen LogP contribution < -0.4 is 0 Å². The predicted octanol–water partition coefficient (Wildman–Crippen LogP) is 11.9. The van der Waals surface area contributed by atoms with Gasteiger partial charge in [-0.15, -0.1) is 0 Å². The van der Waals surface area contributed by atoms with Gasteiger partial charge in [0, 0.05) is 32.5 Å². The van der Waals surface area contributed by atoms with Crippen LogP contribution >= 0.6 is 0 Å². The van der Waals surface area contributed by atoms with Gasteiger partial charge in [-0.25, -0.2) is 9.97 Å². The van der Waals surface area contributed by atoms with Crippen molar-refractivity contribution >= 4 is 65.7 Å². The number of para-hydroxylation sites is 4. The fraction of sp³-hybridized carbons (Fsp3) is 0. The number of furan rings is 1. The molecule has 0 bridgehead atoms. The van der Waals surface area contributed by atoms with Gasteiger partial charge in [0.1, 0.15) is 11.1 Å². The highest BCUT2D eigenvalue weighted by Gasteiger charge is 2.20. The maximum Gasteiger partial charge on any atom is 0.235 e. The monoisotopic (exact) mass is 652 g/mol. The third-order valence-corrected chi connectivity index (χ3v) is 10.2. The Bertz CT molecular complexity index is 3040. The van der Waals surface area contributed by atoms with Gasteiger partial charge in [0.05, 0.1) is 34.0 Å². The lowest BCUT2D eigenvalue weighted by Crippen LogP contribution is -2.00. The number of hydrogen-bond donors (Lipinski definition) is 0. The number of benzene rings is 7. The van der Waals surface area contributed by atoms with E-state index in [0.717, 1.165) is 49.9 Å². The van der Waals surface area contributed by atoms with E-state index in [1.807, 2.05) is 0 Å². The zero-order chi connectivity index (χ0) is 33.5. The van der Waals surface area contributed by atoms with E-state index in [-0.39, 0.29) is 0 Å². The molecule has 0 spiro atoms. The lowest BCUT2D eigenvalue weighted by atomic mass is 9.97. The SMILES string of the molecule is c1ccc(-c2ccc(-c3ccc4oc5cnc(-n6c7ccccc7c7ccccc76)nc5c4c3)c(-n3c4ccccc4c4ccccc43)c2)cc1. The van der Waals surface area contributed by atoms with Gasteiger partial charge in [0.15, 0.2) is 5.58 Å². The van der Waals surface area contributed by atoms with Gasteiger partial charge in [-0.2, -0.15) is 0 Å². The lowest BCUT2D eigenvalue weighted by molar-refractivity contribution is 0.665. The first-order valence-electron chi connectivity index (χ1n) is 17.2. The molecule has 0 saturated heterocycles. The van der Waals surface area contributed by atoms with Gasteiger partial charge in [-0.05, 0) is 59.2 Å². The van der Waals surface area contributed by atoms with Crippen LogP contribution in [0.3, 0.4) is 0 Å². The summed E-state index contributed by atoms with van der Waals surface area (Å²) in [7, 11) is 0. The predicted molar refractivity (Wildman–Crippen MR) is 209 cm³/mol. The molecule has 4 heterocycles. The third-order valence-electron chi connectivity index (χ3n) is 10.2. The van der Waals surface area contributed by atoms with E-state index in [0.29, 0.717) is 11.5 Å². The highest BCUT2D eigenvalue weighted by molar-refractivity contribution is 6.11. The summed E-state index contributed by atoms with van der Waals surface area (Å²) in [5.41, 5.74) is 12.4. The van der Waals surface area contributed by atoms with Crippen molar-refractivity contribution in [3.8, 4) is 33.9 Å². The molecule has 5 nitrogen and oxygen atoms in total. The summed E-state index contributed by atoms with van der Waals surface area (Å²) in [4.78, 5) is 10.0. The summed E-state index contributed by atoms with van der Waals surface area (Å²) in [6.07, 6.45) is 1.80. The average Bonchev–Trinajstić information content (AvgIpc) is 3.85. The third kappa shape index (κ3) is 4.15. The molecule has 0 atom stereocenters. The molecule has 0 aliphatic rings. The van der Waals surface area contributed by atoms with Crippen molar-refractivity contribution in [1.29, 1.82) is 0 Å². The maximum absolute atomic E-state index is 6.35. The molecule has 11 aromatic rings. The van der Waals surface area contributed by atoms with Gasteiger partial charge in [-0.1, -0.05) is 121 Å². The van der Waals surface area contributed by atoms with Crippen LogP contribution in [0.5, 0.6) is 0 Å². The van der Waals surface area contributed by atoms with Crippen molar-refractivity contribution < 1.29 is 4.42 Å². The molecule has 4 aromatic heterocycles. The standard InChI is InChI=1S/C46H28N4O/c1-2-12-29(13-3-1)30-22-24-32(42(27-30)49-38-18-8-4-14-33(38)34-15-5-9-19-39(34)49)31-23-25-43-37(26-31)45-44(51-43)28-47-46(48-45)50-40-20-10-6-16-35(40)36-17-7-11-21-41(36)50/h1-28H. The minimum Gasteiger partial charge on any atom is -0.453 e. The minimum atomic E-state index is 0.617. The highest BCUT2D eigenvalue weighted by atomic mass is 16.3. The number of hydrogen-bond acceptors (Lipinski definition) is 3. The Balaban J connectivity index is 1.16. The molecular formula is C46H28N4O. The molecule has 0 unspecified atom stereocenters. The fourth-order valence-electron chi connectivity index (χ4n) is 7.92. The largest absolute Gasteiger partial charge is 0.453 e. The number of aromatic nitrogens is 4. The summed E-state index contributed by atoms with van der Waals surface area (Å²) in [6.45, 7) is 0. The van der Waals surface area contributed by atoms with Crippen molar-refractivity contribution in [2.24, 2.45) is 0 Å². The number of rotatable bonds is 4. The zero-order valence-corrected chi connectivity index (χ0v) is 27.4. The average molecular weight is 653 g/mol. The van der Waals surface area contributed by atoms with E-state index in [2.05, 4.69) is 173 Å². The first-order valence-corrected chi connectivity index (χ1v) is 17.2. The molecule has 0 aliphatic carbocycles. The molecule has 0 amide bonds. The number of fused-ring (bicyclic) bond motifs is 9. The Labute approximate surface area is 292 Å². The quantitative estimate of drug-likeness (QED) is 0.190. The molecule has 11 rings (SSSR count). The molecule has 5 heteroatoms. The van der Waals surface area contributed by atoms with E-state index in [1.165, 1.54) is 38.1 Å². The fourth-order valence-corrected chi connectivity index (χ4v) is 7.92. The molecule has 0 fully saturated rings. The Kier molecular flexibility index (Phi) is 5.89. The van der Waals surface area contributed by atoms with Gasteiger partial charge < -0.3 is 8.98 Å². The summed E-state index contributed by atoms with van der Waals surface area (Å²) in [5.74, 6) is 0.617. The minimum absolute atomic E-state index is 0.617.